The first-order valence-electron chi connectivity index (χ1n) is 5.74. The van der Waals surface area contributed by atoms with Crippen LogP contribution in [0.25, 0.3) is 0 Å². The largest absolute Gasteiger partial charge is 0.387 e. The molecule has 1 aromatic rings. The maximum Gasteiger partial charge on any atom is 0.292 e. The minimum absolute atomic E-state index is 0.880. The first kappa shape index (κ1) is 10.2. The van der Waals surface area contributed by atoms with E-state index in [0.29, 0.717) is 0 Å². The summed E-state index contributed by atoms with van der Waals surface area (Å²) in [4.78, 5) is 0. The number of benzene rings is 1. The van der Waals surface area contributed by atoms with Gasteiger partial charge in [-0.05, 0) is 49.7 Å². The second-order valence-corrected chi connectivity index (χ2v) is 5.25. The molecule has 1 aromatic carbocycles. The third kappa shape index (κ3) is 1.29. The predicted molar refractivity (Wildman–Crippen MR) is 64.4 cm³/mol. The van der Waals surface area contributed by atoms with Gasteiger partial charge in [0, 0.05) is 15.6 Å². The molecule has 0 atom stereocenters. The van der Waals surface area contributed by atoms with E-state index in [1.807, 2.05) is 6.26 Å². The van der Waals surface area contributed by atoms with E-state index >= 15 is 0 Å². The van der Waals surface area contributed by atoms with Crippen LogP contribution in [0.15, 0.2) is 4.47 Å². The van der Waals surface area contributed by atoms with Gasteiger partial charge in [-0.3, -0.25) is 0 Å². The number of halogens is 1. The average molecular weight is 278 g/mol. The molecule has 0 saturated heterocycles. The Bertz CT molecular complexity index is 467. The quantitative estimate of drug-likeness (QED) is 0.738. The van der Waals surface area contributed by atoms with Crippen LogP contribution in [-0.4, -0.2) is 0 Å². The third-order valence-corrected chi connectivity index (χ3v) is 4.62. The molecule has 2 aliphatic carbocycles. The van der Waals surface area contributed by atoms with Crippen LogP contribution in [0.2, 0.25) is 0 Å². The van der Waals surface area contributed by atoms with Crippen LogP contribution in [0.5, 0.6) is 5.75 Å². The smallest absolute Gasteiger partial charge is 0.292 e. The summed E-state index contributed by atoms with van der Waals surface area (Å²) < 4.78 is 6.52. The van der Waals surface area contributed by atoms with Gasteiger partial charge in [-0.15, -0.1) is 5.26 Å². The maximum atomic E-state index is 8.77. The molecule has 3 rings (SSSR count). The van der Waals surface area contributed by atoms with Gasteiger partial charge < -0.3 is 4.74 Å². The molecule has 0 unspecified atom stereocenters. The average Bonchev–Trinajstić information content (AvgIpc) is 2.92. The van der Waals surface area contributed by atoms with Gasteiger partial charge in [0.2, 0.25) is 0 Å². The van der Waals surface area contributed by atoms with Crippen molar-refractivity contribution in [2.75, 3.05) is 0 Å². The molecule has 0 saturated carbocycles. The van der Waals surface area contributed by atoms with Crippen molar-refractivity contribution >= 4 is 15.9 Å². The fraction of sp³-hybridized carbons (Fsp3) is 0.462. The zero-order valence-corrected chi connectivity index (χ0v) is 10.6. The van der Waals surface area contributed by atoms with Gasteiger partial charge >= 0.3 is 0 Å². The Balaban J connectivity index is 2.28. The number of hydrogen-bond donors (Lipinski definition) is 0. The monoisotopic (exact) mass is 277 g/mol. The highest BCUT2D eigenvalue weighted by Gasteiger charge is 2.28. The van der Waals surface area contributed by atoms with Crippen molar-refractivity contribution in [3.8, 4) is 12.0 Å². The van der Waals surface area contributed by atoms with Crippen LogP contribution in [0, 0.1) is 11.5 Å². The van der Waals surface area contributed by atoms with Crippen molar-refractivity contribution in [3.63, 3.8) is 0 Å². The van der Waals surface area contributed by atoms with Crippen molar-refractivity contribution in [2.45, 2.75) is 38.5 Å². The van der Waals surface area contributed by atoms with E-state index in [-0.39, 0.29) is 0 Å². The zero-order valence-electron chi connectivity index (χ0n) is 8.98. The van der Waals surface area contributed by atoms with Crippen LogP contribution >= 0.6 is 15.9 Å². The van der Waals surface area contributed by atoms with E-state index in [1.165, 1.54) is 39.6 Å². The Labute approximate surface area is 103 Å². The molecule has 0 fully saturated rings. The van der Waals surface area contributed by atoms with E-state index in [0.717, 1.165) is 31.4 Å². The highest BCUT2D eigenvalue weighted by molar-refractivity contribution is 9.10. The fourth-order valence-electron chi connectivity index (χ4n) is 3.01. The summed E-state index contributed by atoms with van der Waals surface area (Å²) in [5.74, 6) is 0.880. The molecule has 0 spiro atoms. The lowest BCUT2D eigenvalue weighted by Gasteiger charge is -2.14. The third-order valence-electron chi connectivity index (χ3n) is 3.66. The van der Waals surface area contributed by atoms with E-state index in [2.05, 4.69) is 15.9 Å². The van der Waals surface area contributed by atoms with Crippen LogP contribution in [-0.2, 0) is 25.7 Å². The molecule has 0 amide bonds. The van der Waals surface area contributed by atoms with E-state index in [4.69, 9.17) is 10.00 Å². The number of fused-ring (bicyclic) bond motifs is 2. The minimum Gasteiger partial charge on any atom is -0.387 e. The molecule has 3 heteroatoms. The summed E-state index contributed by atoms with van der Waals surface area (Å²) in [5, 5.41) is 8.77. The maximum absolute atomic E-state index is 8.77. The van der Waals surface area contributed by atoms with E-state index in [9.17, 15) is 0 Å². The van der Waals surface area contributed by atoms with Crippen molar-refractivity contribution in [1.82, 2.24) is 0 Å². The molecular weight excluding hydrogens is 266 g/mol. The van der Waals surface area contributed by atoms with Crippen molar-refractivity contribution in [1.29, 1.82) is 5.26 Å². The first-order valence-corrected chi connectivity index (χ1v) is 6.53. The van der Waals surface area contributed by atoms with E-state index < -0.39 is 0 Å². The standard InChI is InChI=1S/C13H12BrNO/c14-12-8-3-1-5-10(8)13(16-7-15)11-6-2-4-9(11)12/h1-6H2. The van der Waals surface area contributed by atoms with Gasteiger partial charge in [0.05, 0.1) is 0 Å². The Hall–Kier alpha value is -1.01. The molecule has 82 valence electrons. The van der Waals surface area contributed by atoms with Crippen LogP contribution in [0.1, 0.15) is 35.1 Å². The number of hydrogen-bond acceptors (Lipinski definition) is 2. The first-order chi connectivity index (χ1) is 7.83. The molecule has 0 aliphatic heterocycles. The number of nitrogens with zero attached hydrogens (tertiary/aromatic N) is 1. The topological polar surface area (TPSA) is 33.0 Å². The van der Waals surface area contributed by atoms with Gasteiger partial charge in [0.15, 0.2) is 0 Å². The van der Waals surface area contributed by atoms with Gasteiger partial charge in [0.25, 0.3) is 6.26 Å². The predicted octanol–water partition coefficient (Wildman–Crippen LogP) is 3.29. The van der Waals surface area contributed by atoms with Crippen molar-refractivity contribution < 1.29 is 4.74 Å². The molecule has 0 radical (unpaired) electrons. The number of nitriles is 1. The number of rotatable bonds is 1. The van der Waals surface area contributed by atoms with Gasteiger partial charge in [-0.1, -0.05) is 15.9 Å². The molecule has 2 aliphatic rings. The summed E-state index contributed by atoms with van der Waals surface area (Å²) in [6.07, 6.45) is 8.55. The lowest BCUT2D eigenvalue weighted by molar-refractivity contribution is 0.495. The molecule has 0 N–H and O–H groups in total. The Kier molecular flexibility index (Phi) is 2.40. The Morgan fingerprint density at radius 2 is 1.44 bits per heavy atom. The van der Waals surface area contributed by atoms with Crippen molar-refractivity contribution in [2.24, 2.45) is 0 Å². The molecule has 0 heterocycles. The normalized spacial score (nSPS) is 16.8. The molecule has 0 bridgehead atoms. The van der Waals surface area contributed by atoms with Gasteiger partial charge in [-0.25, -0.2) is 0 Å². The van der Waals surface area contributed by atoms with Gasteiger partial charge in [-0.2, -0.15) is 0 Å². The molecule has 16 heavy (non-hydrogen) atoms. The minimum atomic E-state index is 0.880. The Morgan fingerprint density at radius 3 is 1.94 bits per heavy atom. The molecular formula is C13H12BrNO. The zero-order chi connectivity index (χ0) is 11.1. The summed E-state index contributed by atoms with van der Waals surface area (Å²) >= 11 is 3.73. The second kappa shape index (κ2) is 3.78. The SMILES string of the molecule is N#COc1c2c(c(Br)c3c1CCC3)CCC2. The lowest BCUT2D eigenvalue weighted by atomic mass is 10.0. The van der Waals surface area contributed by atoms with Crippen LogP contribution in [0.4, 0.5) is 0 Å². The highest BCUT2D eigenvalue weighted by Crippen LogP contribution is 2.45. The lowest BCUT2D eigenvalue weighted by Crippen LogP contribution is -1.99. The summed E-state index contributed by atoms with van der Waals surface area (Å²) in [6, 6.07) is 0. The van der Waals surface area contributed by atoms with Crippen molar-refractivity contribution in [3.05, 3.63) is 26.7 Å². The Morgan fingerprint density at radius 1 is 0.938 bits per heavy atom. The number of ether oxygens (including phenoxy) is 1. The summed E-state index contributed by atoms with van der Waals surface area (Å²) in [6.45, 7) is 0. The van der Waals surface area contributed by atoms with Crippen LogP contribution < -0.4 is 4.74 Å². The second-order valence-electron chi connectivity index (χ2n) is 4.46. The van der Waals surface area contributed by atoms with Crippen LogP contribution in [0.3, 0.4) is 0 Å². The van der Waals surface area contributed by atoms with Gasteiger partial charge in [0.1, 0.15) is 5.75 Å². The highest BCUT2D eigenvalue weighted by atomic mass is 79.9. The summed E-state index contributed by atoms with van der Waals surface area (Å²) in [7, 11) is 0. The van der Waals surface area contributed by atoms with E-state index in [1.54, 1.807) is 0 Å². The molecule has 0 aromatic heterocycles. The fourth-order valence-corrected chi connectivity index (χ4v) is 3.88. The molecule has 2 nitrogen and oxygen atoms in total. The summed E-state index contributed by atoms with van der Waals surface area (Å²) in [5.41, 5.74) is 5.31.